The minimum absolute atomic E-state index is 0.459. The first-order valence-corrected chi connectivity index (χ1v) is 9.64. The van der Waals surface area contributed by atoms with Gasteiger partial charge in [-0.25, -0.2) is 0 Å². The molecule has 2 atom stereocenters. The first-order valence-electron chi connectivity index (χ1n) is 8.89. The highest BCUT2D eigenvalue weighted by atomic mass is 35.5. The van der Waals surface area contributed by atoms with E-state index in [9.17, 15) is 0 Å². The van der Waals surface area contributed by atoms with Crippen LogP contribution in [0.2, 0.25) is 10.0 Å². The predicted octanol–water partition coefficient (Wildman–Crippen LogP) is 4.73. The molecule has 0 radical (unpaired) electrons. The smallest absolute Gasteiger partial charge is 0.119 e. The zero-order valence-corrected chi connectivity index (χ0v) is 15.6. The number of benzene rings is 2. The van der Waals surface area contributed by atoms with Crippen LogP contribution in [0.25, 0.3) is 0 Å². The quantitative estimate of drug-likeness (QED) is 0.834. The number of nitrogens with zero attached hydrogens (tertiary/aromatic N) is 1. The van der Waals surface area contributed by atoms with Crippen molar-refractivity contribution in [3.8, 4) is 5.75 Å². The summed E-state index contributed by atoms with van der Waals surface area (Å²) in [6.07, 6.45) is 2.24. The Hall–Kier alpha value is -1.42. The van der Waals surface area contributed by atoms with Crippen LogP contribution < -0.4 is 15.0 Å². The summed E-state index contributed by atoms with van der Waals surface area (Å²) in [5, 5.41) is 4.83. The third kappa shape index (κ3) is 3.33. The molecular weight excluding hydrogens is 355 g/mol. The first-order chi connectivity index (χ1) is 12.3. The lowest BCUT2D eigenvalue weighted by atomic mass is 9.91. The highest BCUT2D eigenvalue weighted by molar-refractivity contribution is 6.44. The van der Waals surface area contributed by atoms with Crippen molar-refractivity contribution in [3.05, 3.63) is 58.1 Å². The fourth-order valence-electron chi connectivity index (χ4n) is 4.13. The topological polar surface area (TPSA) is 24.5 Å². The molecule has 0 aromatic heterocycles. The van der Waals surface area contributed by atoms with Crippen LogP contribution in [-0.2, 0) is 0 Å². The van der Waals surface area contributed by atoms with Gasteiger partial charge >= 0.3 is 0 Å². The average molecular weight is 377 g/mol. The third-order valence-corrected chi connectivity index (χ3v) is 6.04. The van der Waals surface area contributed by atoms with Crippen molar-refractivity contribution in [1.29, 1.82) is 0 Å². The summed E-state index contributed by atoms with van der Waals surface area (Å²) < 4.78 is 5.93. The monoisotopic (exact) mass is 376 g/mol. The molecule has 0 saturated carbocycles. The molecule has 1 fully saturated rings. The van der Waals surface area contributed by atoms with Crippen molar-refractivity contribution in [2.45, 2.75) is 24.8 Å². The molecule has 1 saturated heterocycles. The number of nitrogens with one attached hydrogen (secondary N) is 1. The molecule has 3 nitrogen and oxygen atoms in total. The SMILES string of the molecule is Clc1ccc2c(c1Cl)N(CCOc1ccccc1)[C@H]1CCNCC[C@H]21. The van der Waals surface area contributed by atoms with Gasteiger partial charge in [0.1, 0.15) is 12.4 Å². The van der Waals surface area contributed by atoms with E-state index in [1.54, 1.807) is 0 Å². The molecule has 2 aromatic rings. The summed E-state index contributed by atoms with van der Waals surface area (Å²) in [6.45, 7) is 3.53. The van der Waals surface area contributed by atoms with Crippen LogP contribution in [0.5, 0.6) is 5.75 Å². The Morgan fingerprint density at radius 3 is 2.68 bits per heavy atom. The van der Waals surface area contributed by atoms with E-state index in [1.807, 2.05) is 36.4 Å². The number of ether oxygens (including phenoxy) is 1. The molecule has 25 heavy (non-hydrogen) atoms. The van der Waals surface area contributed by atoms with Crippen LogP contribution in [0, 0.1) is 0 Å². The Labute approximate surface area is 158 Å². The summed E-state index contributed by atoms with van der Waals surface area (Å²) >= 11 is 12.9. The zero-order chi connectivity index (χ0) is 17.2. The Bertz CT molecular complexity index is 738. The van der Waals surface area contributed by atoms with Crippen LogP contribution >= 0.6 is 23.2 Å². The molecule has 0 aliphatic carbocycles. The van der Waals surface area contributed by atoms with E-state index >= 15 is 0 Å². The van der Waals surface area contributed by atoms with Gasteiger partial charge in [0.05, 0.1) is 22.3 Å². The van der Waals surface area contributed by atoms with Crippen LogP contribution in [0.1, 0.15) is 24.3 Å². The van der Waals surface area contributed by atoms with Crippen LogP contribution in [0.15, 0.2) is 42.5 Å². The first kappa shape index (κ1) is 17.0. The number of hydrogen-bond donors (Lipinski definition) is 1. The maximum atomic E-state index is 6.61. The van der Waals surface area contributed by atoms with Crippen molar-refractivity contribution in [3.63, 3.8) is 0 Å². The summed E-state index contributed by atoms with van der Waals surface area (Å²) in [5.41, 5.74) is 2.45. The van der Waals surface area contributed by atoms with Gasteiger partial charge in [-0.2, -0.15) is 0 Å². The van der Waals surface area contributed by atoms with E-state index in [0.717, 1.165) is 43.9 Å². The van der Waals surface area contributed by atoms with Gasteiger partial charge in [0, 0.05) is 12.0 Å². The number of rotatable bonds is 4. The number of anilines is 1. The zero-order valence-electron chi connectivity index (χ0n) is 14.1. The lowest BCUT2D eigenvalue weighted by Gasteiger charge is -2.29. The van der Waals surface area contributed by atoms with Gasteiger partial charge in [-0.15, -0.1) is 0 Å². The Morgan fingerprint density at radius 2 is 1.84 bits per heavy atom. The lowest BCUT2D eigenvalue weighted by molar-refractivity contribution is 0.317. The van der Waals surface area contributed by atoms with Gasteiger partial charge in [-0.3, -0.25) is 0 Å². The Kier molecular flexibility index (Phi) is 5.07. The van der Waals surface area contributed by atoms with Crippen molar-refractivity contribution in [2.24, 2.45) is 0 Å². The average Bonchev–Trinajstić information content (AvgIpc) is 2.78. The molecule has 2 aliphatic rings. The third-order valence-electron chi connectivity index (χ3n) is 5.24. The van der Waals surface area contributed by atoms with Crippen molar-refractivity contribution in [2.75, 3.05) is 31.1 Å². The van der Waals surface area contributed by atoms with E-state index in [1.165, 1.54) is 5.56 Å². The summed E-state index contributed by atoms with van der Waals surface area (Å²) in [4.78, 5) is 2.42. The van der Waals surface area contributed by atoms with Gasteiger partial charge in [-0.1, -0.05) is 47.5 Å². The van der Waals surface area contributed by atoms with Crippen molar-refractivity contribution < 1.29 is 4.74 Å². The largest absolute Gasteiger partial charge is 0.492 e. The van der Waals surface area contributed by atoms with Gasteiger partial charge in [0.2, 0.25) is 0 Å². The number of fused-ring (bicyclic) bond motifs is 3. The summed E-state index contributed by atoms with van der Waals surface area (Å²) in [7, 11) is 0. The molecular formula is C20H22Cl2N2O. The molecule has 0 amide bonds. The minimum atomic E-state index is 0.459. The lowest BCUT2D eigenvalue weighted by Crippen LogP contribution is -2.37. The van der Waals surface area contributed by atoms with Crippen LogP contribution in [-0.4, -0.2) is 32.3 Å². The summed E-state index contributed by atoms with van der Waals surface area (Å²) in [5.74, 6) is 1.41. The van der Waals surface area contributed by atoms with Gasteiger partial charge in [0.15, 0.2) is 0 Å². The number of para-hydroxylation sites is 1. The van der Waals surface area contributed by atoms with Gasteiger partial charge < -0.3 is 15.0 Å². The van der Waals surface area contributed by atoms with E-state index < -0.39 is 0 Å². The maximum Gasteiger partial charge on any atom is 0.119 e. The van der Waals surface area contributed by atoms with E-state index in [4.69, 9.17) is 27.9 Å². The molecule has 132 valence electrons. The van der Waals surface area contributed by atoms with E-state index in [-0.39, 0.29) is 0 Å². The molecule has 0 unspecified atom stereocenters. The molecule has 2 heterocycles. The molecule has 0 bridgehead atoms. The highest BCUT2D eigenvalue weighted by Gasteiger charge is 2.40. The van der Waals surface area contributed by atoms with Crippen LogP contribution in [0.4, 0.5) is 5.69 Å². The summed E-state index contributed by atoms with van der Waals surface area (Å²) in [6, 6.07) is 14.5. The van der Waals surface area contributed by atoms with E-state index in [0.29, 0.717) is 28.6 Å². The second-order valence-corrected chi connectivity index (χ2v) is 7.44. The molecule has 4 rings (SSSR count). The van der Waals surface area contributed by atoms with E-state index in [2.05, 4.69) is 16.3 Å². The minimum Gasteiger partial charge on any atom is -0.492 e. The van der Waals surface area contributed by atoms with Crippen LogP contribution in [0.3, 0.4) is 0 Å². The fraction of sp³-hybridized carbons (Fsp3) is 0.400. The molecule has 5 heteroatoms. The second kappa shape index (κ2) is 7.45. The molecule has 0 spiro atoms. The Balaban J connectivity index is 1.58. The number of hydrogen-bond acceptors (Lipinski definition) is 3. The van der Waals surface area contributed by atoms with Crippen molar-refractivity contribution >= 4 is 28.9 Å². The second-order valence-electron chi connectivity index (χ2n) is 6.66. The fourth-order valence-corrected chi connectivity index (χ4v) is 4.56. The molecule has 2 aromatic carbocycles. The number of halogens is 2. The van der Waals surface area contributed by atoms with Gasteiger partial charge in [-0.05, 0) is 49.7 Å². The maximum absolute atomic E-state index is 6.61. The normalized spacial score (nSPS) is 22.2. The van der Waals surface area contributed by atoms with Gasteiger partial charge in [0.25, 0.3) is 0 Å². The predicted molar refractivity (Wildman–Crippen MR) is 104 cm³/mol. The molecule has 1 N–H and O–H groups in total. The standard InChI is InChI=1S/C20H22Cl2N2O/c21-17-7-6-16-15-8-10-23-11-9-18(15)24(20(16)19(17)22)12-13-25-14-4-2-1-3-5-14/h1-7,15,18,23H,8-13H2/t15-,18+/m1/s1. The van der Waals surface area contributed by atoms with Crippen molar-refractivity contribution in [1.82, 2.24) is 5.32 Å². The highest BCUT2D eigenvalue weighted by Crippen LogP contribution is 2.49. The Morgan fingerprint density at radius 1 is 1.04 bits per heavy atom. The molecule has 2 aliphatic heterocycles.